The van der Waals surface area contributed by atoms with Crippen molar-refractivity contribution < 1.29 is 4.74 Å². The number of rotatable bonds is 5. The summed E-state index contributed by atoms with van der Waals surface area (Å²) in [5.74, 6) is 0. The Balaban J connectivity index is 1.35. The molecule has 2 saturated carbocycles. The number of ether oxygens (including phenoxy) is 1. The van der Waals surface area contributed by atoms with Crippen molar-refractivity contribution in [1.29, 1.82) is 0 Å². The minimum atomic E-state index is 0.268. The van der Waals surface area contributed by atoms with Gasteiger partial charge in [-0.15, -0.1) is 0 Å². The van der Waals surface area contributed by atoms with Crippen LogP contribution in [0.15, 0.2) is 18.3 Å². The van der Waals surface area contributed by atoms with E-state index in [0.29, 0.717) is 6.10 Å². The van der Waals surface area contributed by atoms with Crippen LogP contribution in [0.2, 0.25) is 0 Å². The fourth-order valence-electron chi connectivity index (χ4n) is 3.95. The molecular weight excluding hydrogens is 248 g/mol. The second-order valence-electron chi connectivity index (χ2n) is 6.98. The first-order valence-electron chi connectivity index (χ1n) is 8.38. The third kappa shape index (κ3) is 2.66. The van der Waals surface area contributed by atoms with Crippen LogP contribution in [-0.4, -0.2) is 22.3 Å². The molecule has 0 aromatic carbocycles. The molecule has 1 aromatic rings. The SMILES string of the molecule is c1cc(CNC2CC2)n(CC2CCC3(CCCC3)O2)c1. The van der Waals surface area contributed by atoms with Gasteiger partial charge in [0.25, 0.3) is 0 Å². The third-order valence-corrected chi connectivity index (χ3v) is 5.33. The van der Waals surface area contributed by atoms with Gasteiger partial charge in [0.1, 0.15) is 0 Å². The van der Waals surface area contributed by atoms with E-state index in [1.165, 1.54) is 57.1 Å². The summed E-state index contributed by atoms with van der Waals surface area (Å²) >= 11 is 0. The maximum atomic E-state index is 6.43. The van der Waals surface area contributed by atoms with Gasteiger partial charge in [-0.05, 0) is 50.7 Å². The van der Waals surface area contributed by atoms with Crippen LogP contribution in [0.4, 0.5) is 0 Å². The van der Waals surface area contributed by atoms with Crippen LogP contribution < -0.4 is 5.32 Å². The quantitative estimate of drug-likeness (QED) is 0.892. The summed E-state index contributed by atoms with van der Waals surface area (Å²) in [7, 11) is 0. The van der Waals surface area contributed by atoms with Crippen molar-refractivity contribution in [2.75, 3.05) is 0 Å². The lowest BCUT2D eigenvalue weighted by molar-refractivity contribution is -0.0420. The van der Waals surface area contributed by atoms with Crippen LogP contribution in [0, 0.1) is 0 Å². The molecule has 0 radical (unpaired) electrons. The smallest absolute Gasteiger partial charge is 0.0762 e. The molecule has 3 aliphatic rings. The lowest BCUT2D eigenvalue weighted by Crippen LogP contribution is -2.27. The maximum Gasteiger partial charge on any atom is 0.0762 e. The highest BCUT2D eigenvalue weighted by Gasteiger charge is 2.42. The lowest BCUT2D eigenvalue weighted by Gasteiger charge is -2.24. The van der Waals surface area contributed by atoms with E-state index < -0.39 is 0 Å². The Hall–Kier alpha value is -0.800. The molecule has 1 aromatic heterocycles. The number of aromatic nitrogens is 1. The van der Waals surface area contributed by atoms with Gasteiger partial charge >= 0.3 is 0 Å². The predicted octanol–water partition coefficient (Wildman–Crippen LogP) is 3.23. The molecule has 1 unspecified atom stereocenters. The standard InChI is InChI=1S/C17H26N2O/c1-2-9-17(8-1)10-7-16(20-17)13-19-11-3-4-15(19)12-18-14-5-6-14/h3-4,11,14,16,18H,1-2,5-10,12-13H2. The van der Waals surface area contributed by atoms with E-state index in [4.69, 9.17) is 4.74 Å². The van der Waals surface area contributed by atoms with Crippen LogP contribution in [0.25, 0.3) is 0 Å². The molecule has 3 nitrogen and oxygen atoms in total. The van der Waals surface area contributed by atoms with Gasteiger partial charge in [-0.3, -0.25) is 0 Å². The fraction of sp³-hybridized carbons (Fsp3) is 0.765. The maximum absolute atomic E-state index is 6.43. The molecule has 3 heteroatoms. The average molecular weight is 274 g/mol. The van der Waals surface area contributed by atoms with Crippen LogP contribution in [0.3, 0.4) is 0 Å². The van der Waals surface area contributed by atoms with Gasteiger partial charge in [0, 0.05) is 31.0 Å². The van der Waals surface area contributed by atoms with Crippen LogP contribution >= 0.6 is 0 Å². The second kappa shape index (κ2) is 5.19. The Bertz CT molecular complexity index is 457. The molecule has 3 fully saturated rings. The topological polar surface area (TPSA) is 26.2 Å². The Morgan fingerprint density at radius 1 is 1.20 bits per heavy atom. The molecule has 2 aliphatic carbocycles. The van der Waals surface area contributed by atoms with Crippen molar-refractivity contribution in [2.45, 2.75) is 82.2 Å². The molecule has 0 bridgehead atoms. The van der Waals surface area contributed by atoms with E-state index >= 15 is 0 Å². The summed E-state index contributed by atoms with van der Waals surface area (Å²) in [6.45, 7) is 2.05. The summed E-state index contributed by atoms with van der Waals surface area (Å²) in [6, 6.07) is 5.20. The van der Waals surface area contributed by atoms with Gasteiger partial charge in [0.15, 0.2) is 0 Å². The Morgan fingerprint density at radius 3 is 2.85 bits per heavy atom. The molecule has 4 rings (SSSR count). The van der Waals surface area contributed by atoms with Crippen molar-refractivity contribution in [3.63, 3.8) is 0 Å². The van der Waals surface area contributed by atoms with Gasteiger partial charge in [0.05, 0.1) is 11.7 Å². The Morgan fingerprint density at radius 2 is 2.05 bits per heavy atom. The van der Waals surface area contributed by atoms with Crippen molar-refractivity contribution >= 4 is 0 Å². The van der Waals surface area contributed by atoms with Crippen molar-refractivity contribution in [3.05, 3.63) is 24.0 Å². The van der Waals surface area contributed by atoms with Gasteiger partial charge in [0.2, 0.25) is 0 Å². The normalized spacial score (nSPS) is 28.5. The van der Waals surface area contributed by atoms with Gasteiger partial charge in [-0.1, -0.05) is 12.8 Å². The van der Waals surface area contributed by atoms with E-state index in [0.717, 1.165) is 19.1 Å². The predicted molar refractivity (Wildman–Crippen MR) is 79.6 cm³/mol. The number of nitrogens with zero attached hydrogens (tertiary/aromatic N) is 1. The van der Waals surface area contributed by atoms with Gasteiger partial charge < -0.3 is 14.6 Å². The van der Waals surface area contributed by atoms with Crippen LogP contribution in [-0.2, 0) is 17.8 Å². The molecule has 110 valence electrons. The molecule has 20 heavy (non-hydrogen) atoms. The van der Waals surface area contributed by atoms with Crippen molar-refractivity contribution in [1.82, 2.24) is 9.88 Å². The van der Waals surface area contributed by atoms with E-state index in [9.17, 15) is 0 Å². The van der Waals surface area contributed by atoms with Crippen molar-refractivity contribution in [3.8, 4) is 0 Å². The molecule has 1 spiro atoms. The van der Waals surface area contributed by atoms with Crippen LogP contribution in [0.5, 0.6) is 0 Å². The third-order valence-electron chi connectivity index (χ3n) is 5.33. The van der Waals surface area contributed by atoms with Crippen LogP contribution in [0.1, 0.15) is 57.1 Å². The highest BCUT2D eigenvalue weighted by molar-refractivity contribution is 5.08. The zero-order chi connectivity index (χ0) is 13.4. The first-order valence-corrected chi connectivity index (χ1v) is 8.38. The Labute approximate surface area is 121 Å². The Kier molecular flexibility index (Phi) is 3.35. The second-order valence-corrected chi connectivity index (χ2v) is 6.98. The van der Waals surface area contributed by atoms with E-state index in [-0.39, 0.29) is 5.60 Å². The van der Waals surface area contributed by atoms with Gasteiger partial charge in [-0.25, -0.2) is 0 Å². The van der Waals surface area contributed by atoms with Crippen molar-refractivity contribution in [2.24, 2.45) is 0 Å². The monoisotopic (exact) mass is 274 g/mol. The van der Waals surface area contributed by atoms with E-state index in [1.807, 2.05) is 0 Å². The molecule has 0 amide bonds. The summed E-state index contributed by atoms with van der Waals surface area (Å²) < 4.78 is 8.83. The van der Waals surface area contributed by atoms with E-state index in [2.05, 4.69) is 28.2 Å². The number of hydrogen-bond acceptors (Lipinski definition) is 2. The highest BCUT2D eigenvalue weighted by Crippen LogP contribution is 2.43. The summed E-state index contributed by atoms with van der Waals surface area (Å²) in [6.07, 6.45) is 13.2. The zero-order valence-corrected chi connectivity index (χ0v) is 12.3. The molecule has 1 atom stereocenters. The summed E-state index contributed by atoms with van der Waals surface area (Å²) in [4.78, 5) is 0. The molecule has 1 N–H and O–H groups in total. The fourth-order valence-corrected chi connectivity index (χ4v) is 3.95. The minimum Gasteiger partial charge on any atom is -0.370 e. The lowest BCUT2D eigenvalue weighted by atomic mass is 9.98. The molecule has 1 aliphatic heterocycles. The molecular formula is C17H26N2O. The zero-order valence-electron chi connectivity index (χ0n) is 12.3. The number of hydrogen-bond donors (Lipinski definition) is 1. The highest BCUT2D eigenvalue weighted by atomic mass is 16.5. The van der Waals surface area contributed by atoms with E-state index in [1.54, 1.807) is 0 Å². The summed E-state index contributed by atoms with van der Waals surface area (Å²) in [5.41, 5.74) is 1.68. The first kappa shape index (κ1) is 12.9. The van der Waals surface area contributed by atoms with Gasteiger partial charge in [-0.2, -0.15) is 0 Å². The first-order chi connectivity index (χ1) is 9.83. The largest absolute Gasteiger partial charge is 0.370 e. The average Bonchev–Trinajstić information content (AvgIpc) is 2.88. The molecule has 2 heterocycles. The number of nitrogens with one attached hydrogen (secondary N) is 1. The summed E-state index contributed by atoms with van der Waals surface area (Å²) in [5, 5.41) is 3.61. The minimum absolute atomic E-state index is 0.268. The molecule has 1 saturated heterocycles.